The van der Waals surface area contributed by atoms with E-state index in [0.29, 0.717) is 18.1 Å². The minimum Gasteiger partial charge on any atom is -0.356 e. The molecule has 2 N–H and O–H groups in total. The van der Waals surface area contributed by atoms with Crippen molar-refractivity contribution in [2.24, 2.45) is 5.92 Å². The molecule has 1 aromatic rings. The molecule has 0 spiro atoms. The summed E-state index contributed by atoms with van der Waals surface area (Å²) in [5.74, 6) is -0.376. The molecule has 17 heavy (non-hydrogen) atoms. The van der Waals surface area contributed by atoms with Crippen LogP contribution in [0.2, 0.25) is 0 Å². The fourth-order valence-electron chi connectivity index (χ4n) is 1.74. The van der Waals surface area contributed by atoms with Crippen LogP contribution in [0.4, 0.5) is 5.13 Å². The first-order valence-electron chi connectivity index (χ1n) is 5.71. The minimum absolute atomic E-state index is 0.0511. The van der Waals surface area contributed by atoms with Gasteiger partial charge in [-0.05, 0) is 12.8 Å². The maximum atomic E-state index is 11.9. The van der Waals surface area contributed by atoms with E-state index in [4.69, 9.17) is 0 Å². The third-order valence-corrected chi connectivity index (χ3v) is 3.81. The van der Waals surface area contributed by atoms with Gasteiger partial charge in [-0.25, -0.2) is 4.98 Å². The molecule has 6 heteroatoms. The fourth-order valence-corrected chi connectivity index (χ4v) is 2.50. The number of aromatic nitrogens is 1. The molecule has 1 aromatic heterocycles. The smallest absolute Gasteiger partial charge is 0.229 e. The van der Waals surface area contributed by atoms with Crippen LogP contribution in [0, 0.1) is 5.92 Å². The Hall–Kier alpha value is -1.43. The Morgan fingerprint density at radius 2 is 2.53 bits per heavy atom. The number of anilines is 1. The van der Waals surface area contributed by atoms with Crippen molar-refractivity contribution in [2.75, 3.05) is 11.9 Å². The van der Waals surface area contributed by atoms with Crippen LogP contribution in [0.3, 0.4) is 0 Å². The molecule has 2 amide bonds. The molecule has 2 heterocycles. The highest BCUT2D eigenvalue weighted by Crippen LogP contribution is 2.21. The highest BCUT2D eigenvalue weighted by Gasteiger charge is 2.25. The molecule has 2 rings (SSSR count). The van der Waals surface area contributed by atoms with Crippen molar-refractivity contribution in [2.45, 2.75) is 26.2 Å². The number of rotatable bonds is 3. The van der Waals surface area contributed by atoms with E-state index in [-0.39, 0.29) is 24.2 Å². The molecule has 0 bridgehead atoms. The molecule has 0 aromatic carbocycles. The number of amides is 2. The van der Waals surface area contributed by atoms with Crippen LogP contribution >= 0.6 is 11.3 Å². The van der Waals surface area contributed by atoms with Gasteiger partial charge >= 0.3 is 0 Å². The van der Waals surface area contributed by atoms with Crippen molar-refractivity contribution in [3.63, 3.8) is 0 Å². The van der Waals surface area contributed by atoms with Crippen LogP contribution < -0.4 is 10.6 Å². The Morgan fingerprint density at radius 3 is 3.18 bits per heavy atom. The molecule has 0 saturated carbocycles. The molecular weight excluding hydrogens is 238 g/mol. The number of carbonyl (C=O) groups excluding carboxylic acids is 2. The number of carbonyl (C=O) groups is 2. The van der Waals surface area contributed by atoms with E-state index >= 15 is 0 Å². The van der Waals surface area contributed by atoms with E-state index in [1.54, 1.807) is 6.20 Å². The Bertz CT molecular complexity index is 430. The van der Waals surface area contributed by atoms with E-state index in [1.165, 1.54) is 11.3 Å². The lowest BCUT2D eigenvalue weighted by molar-refractivity contribution is -0.129. The lowest BCUT2D eigenvalue weighted by Gasteiger charge is -2.20. The molecule has 1 fully saturated rings. The largest absolute Gasteiger partial charge is 0.356 e. The van der Waals surface area contributed by atoms with Crippen molar-refractivity contribution in [3.8, 4) is 0 Å². The zero-order valence-electron chi connectivity index (χ0n) is 9.66. The van der Waals surface area contributed by atoms with Gasteiger partial charge in [-0.15, -0.1) is 11.3 Å². The quantitative estimate of drug-likeness (QED) is 0.849. The highest BCUT2D eigenvalue weighted by atomic mass is 32.1. The Labute approximate surface area is 104 Å². The first-order valence-corrected chi connectivity index (χ1v) is 6.53. The van der Waals surface area contributed by atoms with E-state index in [2.05, 4.69) is 15.6 Å². The summed E-state index contributed by atoms with van der Waals surface area (Å²) in [5, 5.41) is 6.11. The normalized spacial score (nSPS) is 19.8. The lowest BCUT2D eigenvalue weighted by Crippen LogP contribution is -2.38. The van der Waals surface area contributed by atoms with Crippen molar-refractivity contribution < 1.29 is 9.59 Å². The van der Waals surface area contributed by atoms with Crippen LogP contribution in [-0.4, -0.2) is 23.3 Å². The number of nitrogens with zero attached hydrogens (tertiary/aromatic N) is 1. The molecule has 0 aliphatic carbocycles. The molecule has 0 radical (unpaired) electrons. The molecule has 0 unspecified atom stereocenters. The number of hydrogen-bond donors (Lipinski definition) is 2. The van der Waals surface area contributed by atoms with Crippen LogP contribution in [0.5, 0.6) is 0 Å². The Balaban J connectivity index is 1.94. The third-order valence-electron chi connectivity index (χ3n) is 2.75. The van der Waals surface area contributed by atoms with E-state index < -0.39 is 0 Å². The van der Waals surface area contributed by atoms with Crippen molar-refractivity contribution in [1.82, 2.24) is 10.3 Å². The van der Waals surface area contributed by atoms with Crippen molar-refractivity contribution >= 4 is 28.3 Å². The summed E-state index contributed by atoms with van der Waals surface area (Å²) in [5.41, 5.74) is 0. The summed E-state index contributed by atoms with van der Waals surface area (Å²) in [6, 6.07) is 0. The topological polar surface area (TPSA) is 71.1 Å². The van der Waals surface area contributed by atoms with Gasteiger partial charge in [0.25, 0.3) is 0 Å². The van der Waals surface area contributed by atoms with Gasteiger partial charge in [0.1, 0.15) is 0 Å². The maximum Gasteiger partial charge on any atom is 0.229 e. The van der Waals surface area contributed by atoms with E-state index in [1.807, 2.05) is 6.92 Å². The molecule has 1 aliphatic rings. The highest BCUT2D eigenvalue weighted by molar-refractivity contribution is 7.15. The molecule has 1 atom stereocenters. The summed E-state index contributed by atoms with van der Waals surface area (Å²) in [4.78, 5) is 28.3. The summed E-state index contributed by atoms with van der Waals surface area (Å²) in [7, 11) is 0. The van der Waals surface area contributed by atoms with Gasteiger partial charge in [0.15, 0.2) is 5.13 Å². The second-order valence-corrected chi connectivity index (χ2v) is 5.13. The molecule has 1 saturated heterocycles. The average Bonchev–Trinajstić information content (AvgIpc) is 2.77. The lowest BCUT2D eigenvalue weighted by atomic mass is 9.97. The number of thiazole rings is 1. The van der Waals surface area contributed by atoms with Gasteiger partial charge in [-0.2, -0.15) is 0 Å². The third kappa shape index (κ3) is 3.03. The summed E-state index contributed by atoms with van der Waals surface area (Å²) < 4.78 is 0. The van der Waals surface area contributed by atoms with Crippen molar-refractivity contribution in [3.05, 3.63) is 11.1 Å². The monoisotopic (exact) mass is 253 g/mol. The molecular formula is C11H15N3O2S. The number of piperidine rings is 1. The second-order valence-electron chi connectivity index (χ2n) is 4.01. The molecule has 5 nitrogen and oxygen atoms in total. The minimum atomic E-state index is -0.224. The molecule has 1 aliphatic heterocycles. The van der Waals surface area contributed by atoms with Crippen LogP contribution in [0.1, 0.15) is 24.6 Å². The average molecular weight is 253 g/mol. The van der Waals surface area contributed by atoms with E-state index in [0.717, 1.165) is 11.3 Å². The maximum absolute atomic E-state index is 11.9. The van der Waals surface area contributed by atoms with Gasteiger partial charge < -0.3 is 10.6 Å². The van der Waals surface area contributed by atoms with Crippen LogP contribution in [-0.2, 0) is 16.0 Å². The van der Waals surface area contributed by atoms with Gasteiger partial charge in [-0.1, -0.05) is 6.92 Å². The fraction of sp³-hybridized carbons (Fsp3) is 0.545. The molecule has 92 valence electrons. The first-order chi connectivity index (χ1) is 8.19. The van der Waals surface area contributed by atoms with Crippen LogP contribution in [0.15, 0.2) is 6.20 Å². The first kappa shape index (κ1) is 12.0. The Morgan fingerprint density at radius 1 is 1.71 bits per heavy atom. The zero-order valence-corrected chi connectivity index (χ0v) is 10.5. The second kappa shape index (κ2) is 5.27. The SMILES string of the molecule is CCc1cnc(NC(=O)[C@H]2CCNC(=O)C2)s1. The predicted molar refractivity (Wildman–Crippen MR) is 65.9 cm³/mol. The summed E-state index contributed by atoms with van der Waals surface area (Å²) in [6.45, 7) is 2.62. The zero-order chi connectivity index (χ0) is 12.3. The van der Waals surface area contributed by atoms with Gasteiger partial charge in [-0.3, -0.25) is 9.59 Å². The summed E-state index contributed by atoms with van der Waals surface area (Å²) >= 11 is 1.48. The van der Waals surface area contributed by atoms with Crippen LogP contribution in [0.25, 0.3) is 0 Å². The predicted octanol–water partition coefficient (Wildman–Crippen LogP) is 1.17. The van der Waals surface area contributed by atoms with Gasteiger partial charge in [0.2, 0.25) is 11.8 Å². The van der Waals surface area contributed by atoms with Gasteiger partial charge in [0, 0.05) is 30.0 Å². The number of nitrogens with one attached hydrogen (secondary N) is 2. The standard InChI is InChI=1S/C11H15N3O2S/c1-2-8-6-13-11(17-8)14-10(16)7-3-4-12-9(15)5-7/h6-7H,2-5H2,1H3,(H,12,15)(H,13,14,16)/t7-/m0/s1. The number of aryl methyl sites for hydroxylation is 1. The Kier molecular flexibility index (Phi) is 3.73. The van der Waals surface area contributed by atoms with E-state index in [9.17, 15) is 9.59 Å². The summed E-state index contributed by atoms with van der Waals surface area (Å²) in [6.07, 6.45) is 3.66. The number of hydrogen-bond acceptors (Lipinski definition) is 4. The van der Waals surface area contributed by atoms with Gasteiger partial charge in [0.05, 0.1) is 0 Å². The van der Waals surface area contributed by atoms with Crippen molar-refractivity contribution in [1.29, 1.82) is 0 Å².